The number of nitriles is 1. The van der Waals surface area contributed by atoms with Crippen molar-refractivity contribution >= 4 is 0 Å². The van der Waals surface area contributed by atoms with E-state index in [-0.39, 0.29) is 6.29 Å². The third kappa shape index (κ3) is 3.94. The van der Waals surface area contributed by atoms with Gasteiger partial charge >= 0.3 is 0 Å². The van der Waals surface area contributed by atoms with Crippen LogP contribution in [0.1, 0.15) is 16.7 Å². The van der Waals surface area contributed by atoms with Gasteiger partial charge in [0.2, 0.25) is 0 Å². The molecule has 2 aromatic carbocycles. The Morgan fingerprint density at radius 3 is 2.14 bits per heavy atom. The minimum atomic E-state index is -0.181. The summed E-state index contributed by atoms with van der Waals surface area (Å²) >= 11 is 0. The molecule has 2 aromatic rings. The maximum Gasteiger partial charge on any atom is 0.161 e. The molecule has 3 nitrogen and oxygen atoms in total. The maximum absolute atomic E-state index is 8.80. The van der Waals surface area contributed by atoms with Crippen LogP contribution in [0.15, 0.2) is 54.6 Å². The monoisotopic (exact) mass is 293 g/mol. The first-order valence-corrected chi connectivity index (χ1v) is 7.59. The molecule has 112 valence electrons. The molecule has 0 aliphatic carbocycles. The van der Waals surface area contributed by atoms with Gasteiger partial charge in [-0.3, -0.25) is 0 Å². The molecule has 22 heavy (non-hydrogen) atoms. The van der Waals surface area contributed by atoms with Gasteiger partial charge in [-0.15, -0.1) is 0 Å². The molecule has 1 aliphatic heterocycles. The zero-order chi connectivity index (χ0) is 15.2. The van der Waals surface area contributed by atoms with Crippen molar-refractivity contribution in [3.05, 3.63) is 71.3 Å². The number of hydrogen-bond acceptors (Lipinski definition) is 3. The number of ether oxygens (including phenoxy) is 2. The standard InChI is InChI=1S/C19H19NO2/c20-12-17-8-6-16(7-9-17)11-19-21-13-18(14-22-19)10-15-4-2-1-3-5-15/h1-9,18-19H,10-11,13-14H2. The Morgan fingerprint density at radius 2 is 1.50 bits per heavy atom. The largest absolute Gasteiger partial charge is 0.352 e. The fourth-order valence-electron chi connectivity index (χ4n) is 2.67. The van der Waals surface area contributed by atoms with E-state index in [1.54, 1.807) is 0 Å². The molecular formula is C19H19NO2. The van der Waals surface area contributed by atoms with Gasteiger partial charge in [-0.25, -0.2) is 0 Å². The highest BCUT2D eigenvalue weighted by molar-refractivity contribution is 5.31. The van der Waals surface area contributed by atoms with Gasteiger partial charge in [-0.05, 0) is 29.7 Å². The molecule has 0 atom stereocenters. The lowest BCUT2D eigenvalue weighted by Gasteiger charge is -2.29. The van der Waals surface area contributed by atoms with Crippen LogP contribution in [-0.2, 0) is 22.3 Å². The molecule has 0 radical (unpaired) electrons. The Hall–Kier alpha value is -2.15. The normalized spacial score (nSPS) is 21.2. The third-order valence-corrected chi connectivity index (χ3v) is 3.89. The van der Waals surface area contributed by atoms with Gasteiger partial charge in [-0.2, -0.15) is 5.26 Å². The number of hydrogen-bond donors (Lipinski definition) is 0. The van der Waals surface area contributed by atoms with Crippen LogP contribution in [0.3, 0.4) is 0 Å². The SMILES string of the molecule is N#Cc1ccc(CC2OCC(Cc3ccccc3)CO2)cc1. The van der Waals surface area contributed by atoms with Crippen LogP contribution in [0.2, 0.25) is 0 Å². The summed E-state index contributed by atoms with van der Waals surface area (Å²) in [5.41, 5.74) is 3.13. The fourth-order valence-corrected chi connectivity index (χ4v) is 2.67. The van der Waals surface area contributed by atoms with Crippen molar-refractivity contribution in [2.45, 2.75) is 19.1 Å². The second kappa shape index (κ2) is 7.22. The van der Waals surface area contributed by atoms with E-state index in [4.69, 9.17) is 14.7 Å². The molecule has 0 amide bonds. The molecule has 1 heterocycles. The third-order valence-electron chi connectivity index (χ3n) is 3.89. The first kappa shape index (κ1) is 14.8. The van der Waals surface area contributed by atoms with E-state index >= 15 is 0 Å². The predicted octanol–water partition coefficient (Wildman–Crippen LogP) is 3.33. The molecule has 1 fully saturated rings. The molecule has 3 heteroatoms. The van der Waals surface area contributed by atoms with Gasteiger partial charge in [0.25, 0.3) is 0 Å². The number of nitrogens with zero attached hydrogens (tertiary/aromatic N) is 1. The van der Waals surface area contributed by atoms with Crippen LogP contribution in [0.4, 0.5) is 0 Å². The minimum Gasteiger partial charge on any atom is -0.352 e. The Bertz CT molecular complexity index is 623. The predicted molar refractivity (Wildman–Crippen MR) is 84.2 cm³/mol. The molecule has 0 bridgehead atoms. The average molecular weight is 293 g/mol. The molecule has 1 aliphatic rings. The van der Waals surface area contributed by atoms with E-state index in [0.717, 1.165) is 31.6 Å². The van der Waals surface area contributed by atoms with Crippen LogP contribution >= 0.6 is 0 Å². The molecule has 0 unspecified atom stereocenters. The molecule has 1 saturated heterocycles. The van der Waals surface area contributed by atoms with E-state index in [1.807, 2.05) is 30.3 Å². The summed E-state index contributed by atoms with van der Waals surface area (Å²) in [5, 5.41) is 8.80. The second-order valence-electron chi connectivity index (χ2n) is 5.66. The summed E-state index contributed by atoms with van der Waals surface area (Å²) in [5.74, 6) is 0.416. The summed E-state index contributed by atoms with van der Waals surface area (Å²) in [6.07, 6.45) is 1.54. The molecule has 0 N–H and O–H groups in total. The van der Waals surface area contributed by atoms with Gasteiger partial charge in [0, 0.05) is 12.3 Å². The van der Waals surface area contributed by atoms with Crippen LogP contribution in [0.25, 0.3) is 0 Å². The summed E-state index contributed by atoms with van der Waals surface area (Å²) in [6.45, 7) is 1.46. The van der Waals surface area contributed by atoms with E-state index in [0.29, 0.717) is 11.5 Å². The van der Waals surface area contributed by atoms with Crippen LogP contribution < -0.4 is 0 Å². The number of rotatable bonds is 4. The van der Waals surface area contributed by atoms with Crippen molar-refractivity contribution < 1.29 is 9.47 Å². The van der Waals surface area contributed by atoms with Gasteiger partial charge in [0.05, 0.1) is 24.8 Å². The van der Waals surface area contributed by atoms with E-state index < -0.39 is 0 Å². The van der Waals surface area contributed by atoms with Gasteiger partial charge in [0.1, 0.15) is 0 Å². The van der Waals surface area contributed by atoms with Crippen molar-refractivity contribution in [1.82, 2.24) is 0 Å². The molecule has 0 saturated carbocycles. The van der Waals surface area contributed by atoms with E-state index in [9.17, 15) is 0 Å². The Balaban J connectivity index is 1.48. The lowest BCUT2D eigenvalue weighted by molar-refractivity contribution is -0.198. The average Bonchev–Trinajstić information content (AvgIpc) is 2.58. The van der Waals surface area contributed by atoms with Gasteiger partial charge < -0.3 is 9.47 Å². The lowest BCUT2D eigenvalue weighted by atomic mass is 10.00. The molecule has 0 aromatic heterocycles. The minimum absolute atomic E-state index is 0.181. The van der Waals surface area contributed by atoms with Crippen molar-refractivity contribution in [1.29, 1.82) is 5.26 Å². The zero-order valence-electron chi connectivity index (χ0n) is 12.4. The van der Waals surface area contributed by atoms with Crippen molar-refractivity contribution in [3.8, 4) is 6.07 Å². The summed E-state index contributed by atoms with van der Waals surface area (Å²) in [6, 6.07) is 20.1. The lowest BCUT2D eigenvalue weighted by Crippen LogP contribution is -2.34. The second-order valence-corrected chi connectivity index (χ2v) is 5.66. The molecular weight excluding hydrogens is 274 g/mol. The first-order chi connectivity index (χ1) is 10.8. The molecule has 0 spiro atoms. The van der Waals surface area contributed by atoms with Crippen molar-refractivity contribution in [3.63, 3.8) is 0 Å². The quantitative estimate of drug-likeness (QED) is 0.868. The van der Waals surface area contributed by atoms with Gasteiger partial charge in [0.15, 0.2) is 6.29 Å². The van der Waals surface area contributed by atoms with Crippen LogP contribution in [0.5, 0.6) is 0 Å². The van der Waals surface area contributed by atoms with Crippen LogP contribution in [0, 0.1) is 17.2 Å². The first-order valence-electron chi connectivity index (χ1n) is 7.59. The fraction of sp³-hybridized carbons (Fsp3) is 0.316. The van der Waals surface area contributed by atoms with E-state index in [2.05, 4.69) is 30.3 Å². The Kier molecular flexibility index (Phi) is 4.85. The Labute approximate surface area is 131 Å². The van der Waals surface area contributed by atoms with E-state index in [1.165, 1.54) is 5.56 Å². The molecule has 3 rings (SSSR count). The highest BCUT2D eigenvalue weighted by Crippen LogP contribution is 2.19. The van der Waals surface area contributed by atoms with Crippen molar-refractivity contribution in [2.24, 2.45) is 5.92 Å². The summed E-state index contributed by atoms with van der Waals surface area (Å²) in [4.78, 5) is 0. The highest BCUT2D eigenvalue weighted by atomic mass is 16.7. The van der Waals surface area contributed by atoms with Crippen LogP contribution in [-0.4, -0.2) is 19.5 Å². The Morgan fingerprint density at radius 1 is 0.864 bits per heavy atom. The van der Waals surface area contributed by atoms with Gasteiger partial charge in [-0.1, -0.05) is 42.5 Å². The maximum atomic E-state index is 8.80. The summed E-state index contributed by atoms with van der Waals surface area (Å²) in [7, 11) is 0. The van der Waals surface area contributed by atoms with Crippen molar-refractivity contribution in [2.75, 3.05) is 13.2 Å². The smallest absolute Gasteiger partial charge is 0.161 e. The topological polar surface area (TPSA) is 42.2 Å². The summed E-state index contributed by atoms with van der Waals surface area (Å²) < 4.78 is 11.7. The highest BCUT2D eigenvalue weighted by Gasteiger charge is 2.22. The zero-order valence-corrected chi connectivity index (χ0v) is 12.4. The number of benzene rings is 2.